The number of nitrogens with zero attached hydrogens (tertiary/aromatic N) is 3. The zero-order chi connectivity index (χ0) is 17.0. The van der Waals surface area contributed by atoms with Gasteiger partial charge >= 0.3 is 11.7 Å². The maximum Gasteiger partial charge on any atom is 0.400 e. The molecule has 2 aliphatic heterocycles. The number of rotatable bonds is 3. The largest absolute Gasteiger partial charge is 0.617 e. The van der Waals surface area contributed by atoms with Gasteiger partial charge in [0.05, 0.1) is 6.61 Å². The summed E-state index contributed by atoms with van der Waals surface area (Å²) in [6, 6.07) is 0. The van der Waals surface area contributed by atoms with E-state index in [4.69, 9.17) is 9.84 Å². The van der Waals surface area contributed by atoms with Crippen molar-refractivity contribution in [3.63, 3.8) is 0 Å². The number of aromatic nitrogens is 2. The first kappa shape index (κ1) is 15.7. The molecule has 3 heterocycles. The number of hydrogen-bond acceptors (Lipinski definition) is 9. The van der Waals surface area contributed by atoms with Gasteiger partial charge in [-0.25, -0.2) is 9.44 Å². The number of aliphatic hydroxyl groups is 3. The normalized spacial score (nSPS) is 38.7. The van der Waals surface area contributed by atoms with E-state index in [2.05, 4.69) is 15.0 Å². The number of hydrogen-bond donors (Lipinski definition) is 5. The molecule has 12 nitrogen and oxygen atoms in total. The number of quaternary nitrogens is 1. The molecule has 0 saturated carbocycles. The summed E-state index contributed by atoms with van der Waals surface area (Å²) < 4.78 is 2.99. The van der Waals surface area contributed by atoms with E-state index in [1.807, 2.05) is 0 Å². The van der Waals surface area contributed by atoms with Gasteiger partial charge in [0, 0.05) is 0 Å². The van der Waals surface area contributed by atoms with Crippen LogP contribution < -0.4 is 10.2 Å². The number of nitrogens with one attached hydrogen (secondary N) is 1. The fourth-order valence-electron chi connectivity index (χ4n) is 2.72. The minimum absolute atomic E-state index is 0.430. The van der Waals surface area contributed by atoms with Crippen LogP contribution in [0.25, 0.3) is 0 Å². The molecule has 1 fully saturated rings. The molecule has 0 spiro atoms. The number of carboxylic acid groups (broad SMARTS) is 1. The third-order valence-electron chi connectivity index (χ3n) is 3.89. The molecule has 1 unspecified atom stereocenters. The van der Waals surface area contributed by atoms with Gasteiger partial charge in [0.15, 0.2) is 12.4 Å². The minimum Gasteiger partial charge on any atom is -0.617 e. The fourth-order valence-corrected chi connectivity index (χ4v) is 2.72. The first-order valence-corrected chi connectivity index (χ1v) is 6.41. The van der Waals surface area contributed by atoms with Gasteiger partial charge in [0.25, 0.3) is 11.4 Å². The van der Waals surface area contributed by atoms with E-state index < -0.39 is 58.3 Å². The highest BCUT2D eigenvalue weighted by Gasteiger charge is 2.71. The summed E-state index contributed by atoms with van der Waals surface area (Å²) in [5, 5.41) is 51.8. The smallest absolute Gasteiger partial charge is 0.400 e. The van der Waals surface area contributed by atoms with E-state index in [-0.39, 0.29) is 0 Å². The van der Waals surface area contributed by atoms with Gasteiger partial charge in [-0.05, 0) is 0 Å². The predicted molar refractivity (Wildman–Crippen MR) is 72.5 cm³/mol. The molecule has 124 valence electrons. The Morgan fingerprint density at radius 2 is 2.22 bits per heavy atom. The lowest BCUT2D eigenvalue weighted by Crippen LogP contribution is -2.71. The van der Waals surface area contributed by atoms with Crippen molar-refractivity contribution < 1.29 is 30.0 Å². The maximum absolute atomic E-state index is 13.2. The van der Waals surface area contributed by atoms with Gasteiger partial charge in [-0.15, -0.1) is 0 Å². The highest BCUT2D eigenvalue weighted by Crippen LogP contribution is 2.45. The summed E-state index contributed by atoms with van der Waals surface area (Å²) in [6.07, 6.45) is -4.13. The average molecular weight is 328 g/mol. The average Bonchev–Trinajstić information content (AvgIpc) is 2.99. The topological polar surface area (TPSA) is 188 Å². The SMILES string of the molecule is O=C(O)[C@@]1([N+]2([O-])C=Nc3c2nc[nH]c3=O)O[C@H](CO)[C@@H](O)[C@H]1O. The Hall–Kier alpha value is -2.22. The van der Waals surface area contributed by atoms with E-state index in [1.54, 1.807) is 0 Å². The van der Waals surface area contributed by atoms with Crippen LogP contribution in [0, 0.1) is 5.21 Å². The van der Waals surface area contributed by atoms with Gasteiger partial charge in [0.1, 0.15) is 18.5 Å². The van der Waals surface area contributed by atoms with Crippen LogP contribution in [0.1, 0.15) is 0 Å². The third kappa shape index (κ3) is 1.75. The van der Waals surface area contributed by atoms with Gasteiger partial charge in [0.2, 0.25) is 5.69 Å². The summed E-state index contributed by atoms with van der Waals surface area (Å²) in [4.78, 5) is 32.8. The number of hydroxylamine groups is 2. The van der Waals surface area contributed by atoms with Gasteiger partial charge < -0.3 is 35.4 Å². The molecule has 0 aromatic carbocycles. The predicted octanol–water partition coefficient (Wildman–Crippen LogP) is -2.86. The summed E-state index contributed by atoms with van der Waals surface area (Å²) >= 11 is 0. The van der Waals surface area contributed by atoms with Crippen molar-refractivity contribution in [2.45, 2.75) is 24.0 Å². The van der Waals surface area contributed by atoms with E-state index in [0.717, 1.165) is 6.33 Å². The van der Waals surface area contributed by atoms with E-state index in [0.29, 0.717) is 6.34 Å². The van der Waals surface area contributed by atoms with E-state index in [9.17, 15) is 30.1 Å². The molecule has 0 aliphatic carbocycles. The van der Waals surface area contributed by atoms with Crippen molar-refractivity contribution in [1.29, 1.82) is 0 Å². The number of aliphatic carboxylic acids is 1. The highest BCUT2D eigenvalue weighted by atomic mass is 16.7. The second kappa shape index (κ2) is 4.89. The van der Waals surface area contributed by atoms with Crippen molar-refractivity contribution >= 4 is 23.8 Å². The number of aliphatic hydroxyl groups excluding tert-OH is 3. The Bertz CT molecular complexity index is 750. The Balaban J connectivity index is 2.23. The van der Waals surface area contributed by atoms with Crippen LogP contribution in [-0.2, 0) is 9.53 Å². The van der Waals surface area contributed by atoms with E-state index >= 15 is 0 Å². The van der Waals surface area contributed by atoms with Crippen molar-refractivity contribution in [1.82, 2.24) is 14.6 Å². The molecular weight excluding hydrogens is 316 g/mol. The monoisotopic (exact) mass is 328 g/mol. The van der Waals surface area contributed by atoms with Crippen molar-refractivity contribution in [3.05, 3.63) is 21.9 Å². The second-order valence-electron chi connectivity index (χ2n) is 5.08. The number of aromatic amines is 1. The molecule has 0 bridgehead atoms. The van der Waals surface area contributed by atoms with Crippen LogP contribution in [0.3, 0.4) is 0 Å². The molecule has 1 aromatic heterocycles. The van der Waals surface area contributed by atoms with E-state index in [1.165, 1.54) is 0 Å². The lowest BCUT2D eigenvalue weighted by atomic mass is 10.0. The van der Waals surface area contributed by atoms with Crippen LogP contribution >= 0.6 is 0 Å². The Labute approximate surface area is 127 Å². The second-order valence-corrected chi connectivity index (χ2v) is 5.08. The molecule has 2 aliphatic rings. The first-order valence-electron chi connectivity index (χ1n) is 6.41. The molecule has 5 N–H and O–H groups in total. The lowest BCUT2D eigenvalue weighted by Gasteiger charge is -2.45. The molecule has 0 radical (unpaired) electrons. The molecule has 0 amide bonds. The van der Waals surface area contributed by atoms with Gasteiger partial charge in [-0.3, -0.25) is 4.79 Å². The maximum atomic E-state index is 13.2. The van der Waals surface area contributed by atoms with Crippen molar-refractivity contribution in [3.8, 4) is 0 Å². The number of aliphatic imine (C=N–C) groups is 1. The van der Waals surface area contributed by atoms with Crippen LogP contribution in [0.5, 0.6) is 0 Å². The Morgan fingerprint density at radius 3 is 2.78 bits per heavy atom. The zero-order valence-electron chi connectivity index (χ0n) is 11.4. The molecule has 3 rings (SSSR count). The quantitative estimate of drug-likeness (QED) is 0.287. The van der Waals surface area contributed by atoms with Gasteiger partial charge in [-0.1, -0.05) is 0 Å². The summed E-state index contributed by atoms with van der Waals surface area (Å²) in [5.74, 6) is -2.52. The summed E-state index contributed by atoms with van der Waals surface area (Å²) in [5.41, 5.74) is -4.18. The van der Waals surface area contributed by atoms with Crippen LogP contribution in [0.15, 0.2) is 16.1 Å². The first-order chi connectivity index (χ1) is 10.8. The van der Waals surface area contributed by atoms with Crippen molar-refractivity contribution in [2.24, 2.45) is 4.99 Å². The molecule has 23 heavy (non-hydrogen) atoms. The third-order valence-corrected chi connectivity index (χ3v) is 3.89. The van der Waals surface area contributed by atoms with Crippen LogP contribution in [0.4, 0.5) is 11.5 Å². The summed E-state index contributed by atoms with van der Waals surface area (Å²) in [6.45, 7) is -0.833. The Morgan fingerprint density at radius 1 is 1.52 bits per heavy atom. The number of H-pyrrole nitrogens is 1. The zero-order valence-corrected chi connectivity index (χ0v) is 11.4. The number of carbonyl (C=O) groups is 1. The molecule has 5 atom stereocenters. The van der Waals surface area contributed by atoms with Crippen molar-refractivity contribution in [2.75, 3.05) is 6.61 Å². The Kier molecular flexibility index (Phi) is 3.33. The molecule has 1 aromatic rings. The fraction of sp³-hybridized carbons (Fsp3) is 0.455. The lowest BCUT2D eigenvalue weighted by molar-refractivity contribution is -0.192. The van der Waals surface area contributed by atoms with Gasteiger partial charge in [-0.2, -0.15) is 9.98 Å². The standard InChI is InChI=1S/C11H12N4O8/c16-1-4-6(17)7(18)11(23-4,10(20)21)15(22)3-14-5-8(15)12-2-13-9(5)19/h2-4,6-7,16-18H,1H2,(H,20,21)(H,12,13,19)/t4-,6-,7-,11+,15?/m1/s1. The number of ether oxygens (including phenoxy) is 1. The van der Waals surface area contributed by atoms with Crippen LogP contribution in [-0.4, -0.2) is 73.3 Å². The van der Waals surface area contributed by atoms with Crippen LogP contribution in [0.2, 0.25) is 0 Å². The molecular formula is C11H12N4O8. The highest BCUT2D eigenvalue weighted by molar-refractivity contribution is 5.95. The number of carboxylic acids is 1. The number of fused-ring (bicyclic) bond motifs is 1. The summed E-state index contributed by atoms with van der Waals surface area (Å²) in [7, 11) is 0. The molecule has 1 saturated heterocycles. The molecule has 12 heteroatoms. The minimum atomic E-state index is -2.97.